The van der Waals surface area contributed by atoms with Crippen LogP contribution in [0.25, 0.3) is 6.08 Å². The first-order chi connectivity index (χ1) is 5.59. The summed E-state index contributed by atoms with van der Waals surface area (Å²) in [5, 5.41) is 8.18. The van der Waals surface area contributed by atoms with Crippen LogP contribution in [0.15, 0.2) is 18.0 Å². The first-order valence-corrected chi connectivity index (χ1v) is 4.15. The minimum absolute atomic E-state index is 0.486. The van der Waals surface area contributed by atoms with Crippen LogP contribution in [0, 0.1) is 0 Å². The number of halogens is 2. The lowest BCUT2D eigenvalue weighted by molar-refractivity contribution is -0.134. The molecule has 0 saturated heterocycles. The van der Waals surface area contributed by atoms with Crippen molar-refractivity contribution in [2.24, 2.45) is 0 Å². The monoisotopic (exact) mass is 206 g/mol. The van der Waals surface area contributed by atoms with Crippen molar-refractivity contribution in [2.75, 3.05) is 0 Å². The van der Waals surface area contributed by atoms with Crippen LogP contribution in [0.4, 0.5) is 4.39 Å². The molecule has 0 radical (unpaired) electrons. The maximum absolute atomic E-state index is 12.4. The van der Waals surface area contributed by atoms with Gasteiger partial charge in [0.1, 0.15) is 0 Å². The number of thiophene rings is 1. The van der Waals surface area contributed by atoms with E-state index in [2.05, 4.69) is 0 Å². The fraction of sp³-hybridized carbons (Fsp3) is 0. The van der Waals surface area contributed by atoms with Gasteiger partial charge in [-0.15, -0.1) is 11.3 Å². The van der Waals surface area contributed by atoms with Crippen molar-refractivity contribution in [3.8, 4) is 0 Å². The molecule has 0 aliphatic heterocycles. The van der Waals surface area contributed by atoms with Gasteiger partial charge in [-0.25, -0.2) is 4.79 Å². The zero-order valence-corrected chi connectivity index (χ0v) is 7.32. The van der Waals surface area contributed by atoms with Gasteiger partial charge in [0.05, 0.1) is 4.34 Å². The third-order valence-corrected chi connectivity index (χ3v) is 2.25. The Morgan fingerprint density at radius 1 is 1.67 bits per heavy atom. The minimum atomic E-state index is -1.57. The second-order valence-corrected chi connectivity index (χ2v) is 3.69. The summed E-state index contributed by atoms with van der Waals surface area (Å²) < 4.78 is 12.9. The highest BCUT2D eigenvalue weighted by molar-refractivity contribution is 7.17. The van der Waals surface area contributed by atoms with Gasteiger partial charge in [0.2, 0.25) is 5.83 Å². The van der Waals surface area contributed by atoms with Gasteiger partial charge < -0.3 is 5.11 Å². The smallest absolute Gasteiger partial charge is 0.364 e. The molecule has 0 amide bonds. The Bertz CT molecular complexity index is 332. The van der Waals surface area contributed by atoms with Crippen LogP contribution in [0.3, 0.4) is 0 Å². The van der Waals surface area contributed by atoms with Crippen LogP contribution in [0.1, 0.15) is 4.88 Å². The van der Waals surface area contributed by atoms with Crippen LogP contribution < -0.4 is 0 Å². The molecule has 1 N–H and O–H groups in total. The lowest BCUT2D eigenvalue weighted by Gasteiger charge is -1.85. The van der Waals surface area contributed by atoms with E-state index in [0.29, 0.717) is 9.21 Å². The van der Waals surface area contributed by atoms with Crippen LogP contribution in [-0.2, 0) is 4.79 Å². The molecular weight excluding hydrogens is 203 g/mol. The van der Waals surface area contributed by atoms with E-state index in [1.165, 1.54) is 0 Å². The molecule has 0 fully saturated rings. The summed E-state index contributed by atoms with van der Waals surface area (Å²) in [6.07, 6.45) is 0.929. The first-order valence-electron chi connectivity index (χ1n) is 2.95. The molecule has 1 heterocycles. The fourth-order valence-electron chi connectivity index (χ4n) is 0.592. The Morgan fingerprint density at radius 3 is 2.75 bits per heavy atom. The van der Waals surface area contributed by atoms with Crippen LogP contribution in [0.2, 0.25) is 4.34 Å². The van der Waals surface area contributed by atoms with E-state index in [-0.39, 0.29) is 0 Å². The standard InChI is InChI=1S/C7H4ClFO2S/c8-6-2-1-4(12-6)3-5(9)7(10)11/h1-3H,(H,10,11)/b5-3+. The zero-order valence-electron chi connectivity index (χ0n) is 5.75. The largest absolute Gasteiger partial charge is 0.476 e. The van der Waals surface area contributed by atoms with Crippen molar-refractivity contribution in [3.05, 3.63) is 27.2 Å². The molecule has 0 atom stereocenters. The molecule has 0 aliphatic rings. The van der Waals surface area contributed by atoms with Gasteiger partial charge in [-0.2, -0.15) is 4.39 Å². The van der Waals surface area contributed by atoms with Crippen molar-refractivity contribution in [3.63, 3.8) is 0 Å². The lowest BCUT2D eigenvalue weighted by Crippen LogP contribution is -1.93. The Hall–Kier alpha value is -0.870. The van der Waals surface area contributed by atoms with Crippen molar-refractivity contribution in [2.45, 2.75) is 0 Å². The summed E-state index contributed by atoms with van der Waals surface area (Å²) in [5.41, 5.74) is 0. The molecule has 2 nitrogen and oxygen atoms in total. The van der Waals surface area contributed by atoms with E-state index < -0.39 is 11.8 Å². The molecule has 1 rings (SSSR count). The topological polar surface area (TPSA) is 37.3 Å². The number of rotatable bonds is 2. The van der Waals surface area contributed by atoms with E-state index in [1.807, 2.05) is 0 Å². The maximum atomic E-state index is 12.4. The molecule has 0 aromatic carbocycles. The van der Waals surface area contributed by atoms with Gasteiger partial charge in [0.25, 0.3) is 0 Å². The highest BCUT2D eigenvalue weighted by Crippen LogP contribution is 2.23. The average molecular weight is 207 g/mol. The Kier molecular flexibility index (Phi) is 2.83. The summed E-state index contributed by atoms with van der Waals surface area (Å²) in [7, 11) is 0. The van der Waals surface area contributed by atoms with Gasteiger partial charge in [0, 0.05) is 4.88 Å². The Morgan fingerprint density at radius 2 is 2.33 bits per heavy atom. The van der Waals surface area contributed by atoms with Crippen LogP contribution in [-0.4, -0.2) is 11.1 Å². The maximum Gasteiger partial charge on any atom is 0.364 e. The molecule has 1 aromatic rings. The summed E-state index contributed by atoms with van der Waals surface area (Å²) in [6.45, 7) is 0. The number of carboxylic acid groups (broad SMARTS) is 1. The summed E-state index contributed by atoms with van der Waals surface area (Å²) >= 11 is 6.66. The molecular formula is C7H4ClFO2S. The van der Waals surface area contributed by atoms with E-state index in [1.54, 1.807) is 12.1 Å². The fourth-order valence-corrected chi connectivity index (χ4v) is 1.58. The third kappa shape index (κ3) is 2.32. The van der Waals surface area contributed by atoms with Gasteiger partial charge >= 0.3 is 5.97 Å². The SMILES string of the molecule is O=C(O)/C(F)=C\c1ccc(Cl)s1. The molecule has 0 saturated carbocycles. The highest BCUT2D eigenvalue weighted by Gasteiger charge is 2.05. The van der Waals surface area contributed by atoms with E-state index in [9.17, 15) is 9.18 Å². The predicted molar refractivity (Wildman–Crippen MR) is 46.0 cm³/mol. The van der Waals surface area contributed by atoms with Crippen LogP contribution in [0.5, 0.6) is 0 Å². The molecule has 0 unspecified atom stereocenters. The highest BCUT2D eigenvalue weighted by atomic mass is 35.5. The number of aliphatic carboxylic acids is 1. The van der Waals surface area contributed by atoms with Crippen LogP contribution >= 0.6 is 22.9 Å². The molecule has 0 spiro atoms. The lowest BCUT2D eigenvalue weighted by atomic mass is 10.4. The van der Waals surface area contributed by atoms with Gasteiger partial charge in [-0.05, 0) is 18.2 Å². The van der Waals surface area contributed by atoms with Crippen molar-refractivity contribution in [1.82, 2.24) is 0 Å². The molecule has 5 heteroatoms. The third-order valence-electron chi connectivity index (χ3n) is 1.07. The Labute approximate surface area is 76.9 Å². The average Bonchev–Trinajstić information content (AvgIpc) is 2.35. The Balaban J connectivity index is 2.87. The van der Waals surface area contributed by atoms with E-state index in [4.69, 9.17) is 16.7 Å². The van der Waals surface area contributed by atoms with Gasteiger partial charge in [-0.1, -0.05) is 11.6 Å². The zero-order chi connectivity index (χ0) is 9.14. The van der Waals surface area contributed by atoms with E-state index in [0.717, 1.165) is 17.4 Å². The second kappa shape index (κ2) is 3.69. The van der Waals surface area contributed by atoms with Gasteiger partial charge in [0.15, 0.2) is 0 Å². The number of carbonyl (C=O) groups is 1. The quantitative estimate of drug-likeness (QED) is 0.756. The first kappa shape index (κ1) is 9.22. The number of hydrogen-bond donors (Lipinski definition) is 1. The van der Waals surface area contributed by atoms with Crippen molar-refractivity contribution < 1.29 is 14.3 Å². The molecule has 0 bridgehead atoms. The number of carboxylic acids is 1. The molecule has 1 aromatic heterocycles. The molecule has 64 valence electrons. The summed E-state index contributed by atoms with van der Waals surface area (Å²) in [5.74, 6) is -2.76. The van der Waals surface area contributed by atoms with Crippen molar-refractivity contribution in [1.29, 1.82) is 0 Å². The van der Waals surface area contributed by atoms with E-state index >= 15 is 0 Å². The molecule has 12 heavy (non-hydrogen) atoms. The minimum Gasteiger partial charge on any atom is -0.476 e. The van der Waals surface area contributed by atoms with Crippen molar-refractivity contribution >= 4 is 35.0 Å². The second-order valence-electron chi connectivity index (χ2n) is 1.94. The normalized spacial score (nSPS) is 11.7. The summed E-state index contributed by atoms with van der Waals surface area (Å²) in [6, 6.07) is 3.13. The predicted octanol–water partition coefficient (Wildman–Crippen LogP) is 2.80. The van der Waals surface area contributed by atoms with Gasteiger partial charge in [-0.3, -0.25) is 0 Å². The number of hydrogen-bond acceptors (Lipinski definition) is 2. The molecule has 0 aliphatic carbocycles. The summed E-state index contributed by atoms with van der Waals surface area (Å²) in [4.78, 5) is 10.5.